The Kier molecular flexibility index (Phi) is 4.86. The lowest BCUT2D eigenvalue weighted by Crippen LogP contribution is -2.46. The lowest BCUT2D eigenvalue weighted by atomic mass is 9.94. The van der Waals surface area contributed by atoms with Crippen molar-refractivity contribution in [3.63, 3.8) is 0 Å². The largest absolute Gasteiger partial charge is 0.481 e. The highest BCUT2D eigenvalue weighted by atomic mass is 35.5. The minimum Gasteiger partial charge on any atom is -0.481 e. The molecule has 1 heterocycles. The molecule has 1 fully saturated rings. The molecule has 1 saturated heterocycles. The van der Waals surface area contributed by atoms with Crippen LogP contribution in [0.2, 0.25) is 10.0 Å². The Morgan fingerprint density at radius 1 is 1.40 bits per heavy atom. The number of hydrogen-bond donors (Lipinski definition) is 2. The number of halogens is 3. The molecule has 7 heteroatoms. The molecule has 1 aromatic carbocycles. The number of likely N-dealkylation sites (tertiary alicyclic amines) is 1. The van der Waals surface area contributed by atoms with Crippen LogP contribution in [-0.2, 0) is 11.3 Å². The molecule has 0 spiro atoms. The van der Waals surface area contributed by atoms with Crippen LogP contribution in [0.1, 0.15) is 12.0 Å². The Morgan fingerprint density at radius 2 is 2.10 bits per heavy atom. The maximum atomic E-state index is 13.4. The van der Waals surface area contributed by atoms with E-state index >= 15 is 0 Å². The van der Waals surface area contributed by atoms with Gasteiger partial charge < -0.3 is 10.2 Å². The second-order valence-corrected chi connectivity index (χ2v) is 5.71. The van der Waals surface area contributed by atoms with Crippen molar-refractivity contribution in [2.75, 3.05) is 13.1 Å². The van der Waals surface area contributed by atoms with Gasteiger partial charge in [0.15, 0.2) is 0 Å². The van der Waals surface area contributed by atoms with Gasteiger partial charge in [0.1, 0.15) is 5.82 Å². The molecule has 0 saturated carbocycles. The Morgan fingerprint density at radius 3 is 2.70 bits per heavy atom. The smallest absolute Gasteiger partial charge is 0.309 e. The van der Waals surface area contributed by atoms with Crippen LogP contribution in [0.5, 0.6) is 0 Å². The molecule has 0 unspecified atom stereocenters. The molecule has 0 aliphatic carbocycles. The number of carboxylic acids is 1. The zero-order chi connectivity index (χ0) is 14.9. The molecule has 20 heavy (non-hydrogen) atoms. The van der Waals surface area contributed by atoms with E-state index in [4.69, 9.17) is 28.3 Å². The van der Waals surface area contributed by atoms with Gasteiger partial charge in [-0.05, 0) is 30.7 Å². The molecule has 0 amide bonds. The Bertz CT molecular complexity index is 527. The highest BCUT2D eigenvalue weighted by Crippen LogP contribution is 2.27. The Hall–Kier alpha value is -0.880. The standard InChI is InChI=1S/C13H14Cl2FNO3/c14-9-4-10(15)11(16)3-7(9)5-17-2-1-8(13(19)20)12(18)6-17/h3-4,8,12,18H,1-2,5-6H2,(H,19,20)/t8-,12+/m0/s1. The third kappa shape index (κ3) is 3.41. The second kappa shape index (κ2) is 6.26. The number of β-amino-alcohol motifs (C(OH)–C–C–N with tert-alkyl or cyclic N) is 1. The molecule has 0 aromatic heterocycles. The fraction of sp³-hybridized carbons (Fsp3) is 0.462. The molecule has 2 atom stereocenters. The normalized spacial score (nSPS) is 23.8. The highest BCUT2D eigenvalue weighted by Gasteiger charge is 2.32. The van der Waals surface area contributed by atoms with E-state index in [1.165, 1.54) is 12.1 Å². The van der Waals surface area contributed by atoms with Crippen LogP contribution in [0.3, 0.4) is 0 Å². The number of piperidine rings is 1. The average Bonchev–Trinajstić information content (AvgIpc) is 2.35. The van der Waals surface area contributed by atoms with Crippen LogP contribution in [0.4, 0.5) is 4.39 Å². The first-order valence-corrected chi connectivity index (χ1v) is 6.90. The predicted molar refractivity (Wildman–Crippen MR) is 73.4 cm³/mol. The molecular formula is C13H14Cl2FNO3. The van der Waals surface area contributed by atoms with Crippen molar-refractivity contribution >= 4 is 29.2 Å². The van der Waals surface area contributed by atoms with Crippen molar-refractivity contribution in [2.45, 2.75) is 19.1 Å². The van der Waals surface area contributed by atoms with Gasteiger partial charge in [-0.2, -0.15) is 0 Å². The van der Waals surface area contributed by atoms with Gasteiger partial charge in [-0.25, -0.2) is 4.39 Å². The summed E-state index contributed by atoms with van der Waals surface area (Å²) in [4.78, 5) is 12.7. The first-order chi connectivity index (χ1) is 9.38. The number of carboxylic acid groups (broad SMARTS) is 1. The molecule has 4 nitrogen and oxygen atoms in total. The van der Waals surface area contributed by atoms with Gasteiger partial charge >= 0.3 is 5.97 Å². The second-order valence-electron chi connectivity index (χ2n) is 4.89. The van der Waals surface area contributed by atoms with Gasteiger partial charge in [-0.15, -0.1) is 0 Å². The zero-order valence-electron chi connectivity index (χ0n) is 10.5. The van der Waals surface area contributed by atoms with Crippen LogP contribution in [0, 0.1) is 11.7 Å². The molecule has 2 N–H and O–H groups in total. The lowest BCUT2D eigenvalue weighted by Gasteiger charge is -2.34. The Balaban J connectivity index is 2.05. The summed E-state index contributed by atoms with van der Waals surface area (Å²) < 4.78 is 13.4. The summed E-state index contributed by atoms with van der Waals surface area (Å²) in [7, 11) is 0. The maximum Gasteiger partial charge on any atom is 0.309 e. The van der Waals surface area contributed by atoms with Gasteiger partial charge in [0, 0.05) is 18.1 Å². The van der Waals surface area contributed by atoms with Crippen molar-refractivity contribution in [3.8, 4) is 0 Å². The number of benzene rings is 1. The summed E-state index contributed by atoms with van der Waals surface area (Å²) in [5, 5.41) is 19.1. The summed E-state index contributed by atoms with van der Waals surface area (Å²) in [6, 6.07) is 2.61. The monoisotopic (exact) mass is 321 g/mol. The zero-order valence-corrected chi connectivity index (χ0v) is 12.0. The molecule has 0 radical (unpaired) electrons. The maximum absolute atomic E-state index is 13.4. The van der Waals surface area contributed by atoms with E-state index in [0.717, 1.165) is 0 Å². The summed E-state index contributed by atoms with van der Waals surface area (Å²) in [6.45, 7) is 1.07. The first-order valence-electron chi connectivity index (χ1n) is 6.15. The topological polar surface area (TPSA) is 60.8 Å². The molecular weight excluding hydrogens is 308 g/mol. The molecule has 2 rings (SSSR count). The van der Waals surface area contributed by atoms with E-state index in [1.54, 1.807) is 0 Å². The quantitative estimate of drug-likeness (QED) is 0.839. The van der Waals surface area contributed by atoms with E-state index in [1.807, 2.05) is 4.90 Å². The average molecular weight is 322 g/mol. The number of aliphatic carboxylic acids is 1. The van der Waals surface area contributed by atoms with Gasteiger partial charge in [-0.3, -0.25) is 9.69 Å². The van der Waals surface area contributed by atoms with Gasteiger partial charge in [0.05, 0.1) is 17.0 Å². The fourth-order valence-electron chi connectivity index (χ4n) is 2.35. The van der Waals surface area contributed by atoms with Crippen molar-refractivity contribution in [3.05, 3.63) is 33.6 Å². The number of hydrogen-bond acceptors (Lipinski definition) is 3. The van der Waals surface area contributed by atoms with Crippen molar-refractivity contribution in [1.29, 1.82) is 0 Å². The Labute approximate surface area is 125 Å². The third-order valence-electron chi connectivity index (χ3n) is 3.47. The fourth-order valence-corrected chi connectivity index (χ4v) is 2.80. The van der Waals surface area contributed by atoms with Crippen LogP contribution >= 0.6 is 23.2 Å². The molecule has 110 valence electrons. The molecule has 1 aliphatic rings. The van der Waals surface area contributed by atoms with Crippen LogP contribution in [-0.4, -0.2) is 40.3 Å². The van der Waals surface area contributed by atoms with Gasteiger partial charge in [0.2, 0.25) is 0 Å². The lowest BCUT2D eigenvalue weighted by molar-refractivity contribution is -0.148. The number of carbonyl (C=O) groups is 1. The van der Waals surface area contributed by atoms with Crippen LogP contribution < -0.4 is 0 Å². The predicted octanol–water partition coefficient (Wildman–Crippen LogP) is 2.40. The van der Waals surface area contributed by atoms with Crippen molar-refractivity contribution in [1.82, 2.24) is 4.90 Å². The molecule has 1 aliphatic heterocycles. The summed E-state index contributed by atoms with van der Waals surface area (Å²) in [5.41, 5.74) is 0.564. The third-order valence-corrected chi connectivity index (χ3v) is 4.11. The minimum atomic E-state index is -0.993. The number of aliphatic hydroxyl groups excluding tert-OH is 1. The van der Waals surface area contributed by atoms with E-state index < -0.39 is 23.8 Å². The van der Waals surface area contributed by atoms with E-state index in [2.05, 4.69) is 0 Å². The first kappa shape index (κ1) is 15.5. The van der Waals surface area contributed by atoms with Crippen molar-refractivity contribution in [2.24, 2.45) is 5.92 Å². The summed E-state index contributed by atoms with van der Waals surface area (Å²) in [5.74, 6) is -2.29. The minimum absolute atomic E-state index is 0.0385. The van der Waals surface area contributed by atoms with Crippen LogP contribution in [0.25, 0.3) is 0 Å². The molecule has 0 bridgehead atoms. The SMILES string of the molecule is O=C(O)[C@H]1CCN(Cc2cc(F)c(Cl)cc2Cl)C[C@H]1O. The van der Waals surface area contributed by atoms with E-state index in [-0.39, 0.29) is 11.6 Å². The summed E-state index contributed by atoms with van der Waals surface area (Å²) in [6.07, 6.45) is -0.582. The summed E-state index contributed by atoms with van der Waals surface area (Å²) >= 11 is 11.6. The van der Waals surface area contributed by atoms with Crippen molar-refractivity contribution < 1.29 is 19.4 Å². The van der Waals surface area contributed by atoms with Gasteiger partial charge in [-0.1, -0.05) is 23.2 Å². The highest BCUT2D eigenvalue weighted by molar-refractivity contribution is 6.35. The van der Waals surface area contributed by atoms with E-state index in [9.17, 15) is 14.3 Å². The van der Waals surface area contributed by atoms with Crippen LogP contribution in [0.15, 0.2) is 12.1 Å². The van der Waals surface area contributed by atoms with E-state index in [0.29, 0.717) is 30.1 Å². The number of rotatable bonds is 3. The number of aliphatic hydroxyl groups is 1. The molecule has 1 aromatic rings. The number of nitrogens with zero attached hydrogens (tertiary/aromatic N) is 1. The van der Waals surface area contributed by atoms with Gasteiger partial charge in [0.25, 0.3) is 0 Å².